The van der Waals surface area contributed by atoms with Gasteiger partial charge in [0.15, 0.2) is 0 Å². The molecular weight excluding hydrogens is 208 g/mol. The summed E-state index contributed by atoms with van der Waals surface area (Å²) >= 11 is 0. The molecule has 0 aromatic heterocycles. The maximum Gasteiger partial charge on any atom is 0.0362 e. The number of fused-ring (bicyclic) bond motifs is 2. The van der Waals surface area contributed by atoms with Gasteiger partial charge in [-0.15, -0.1) is 0 Å². The molecule has 0 radical (unpaired) electrons. The molecule has 0 aliphatic heterocycles. The highest BCUT2D eigenvalue weighted by atomic mass is 15.1. The van der Waals surface area contributed by atoms with Crippen molar-refractivity contribution in [3.8, 4) is 0 Å². The standard InChI is InChI=1S/C15H22N2/c1-17(2)14-7-5-13(6-8-14)16-15-10-11-3-4-12(15)9-11/h5-8,11-12,15-16H,3-4,9-10H2,1-2H3. The molecule has 2 saturated carbocycles. The van der Waals surface area contributed by atoms with Crippen molar-refractivity contribution in [2.75, 3.05) is 24.3 Å². The van der Waals surface area contributed by atoms with E-state index < -0.39 is 0 Å². The van der Waals surface area contributed by atoms with E-state index >= 15 is 0 Å². The van der Waals surface area contributed by atoms with Gasteiger partial charge in [0, 0.05) is 31.5 Å². The first-order chi connectivity index (χ1) is 8.22. The van der Waals surface area contributed by atoms with Gasteiger partial charge in [0.2, 0.25) is 0 Å². The largest absolute Gasteiger partial charge is 0.382 e. The fraction of sp³-hybridized carbons (Fsp3) is 0.600. The number of nitrogens with zero attached hydrogens (tertiary/aromatic N) is 1. The molecule has 3 unspecified atom stereocenters. The third-order valence-electron chi connectivity index (χ3n) is 4.47. The van der Waals surface area contributed by atoms with Crippen molar-refractivity contribution in [1.82, 2.24) is 0 Å². The Morgan fingerprint density at radius 3 is 2.35 bits per heavy atom. The van der Waals surface area contributed by atoms with E-state index in [1.165, 1.54) is 37.1 Å². The zero-order valence-electron chi connectivity index (χ0n) is 10.8. The topological polar surface area (TPSA) is 15.3 Å². The molecule has 2 fully saturated rings. The normalized spacial score (nSPS) is 30.6. The SMILES string of the molecule is CN(C)c1ccc(NC2CC3CCC2C3)cc1. The average molecular weight is 230 g/mol. The van der Waals surface area contributed by atoms with Gasteiger partial charge in [-0.05, 0) is 55.4 Å². The van der Waals surface area contributed by atoms with Gasteiger partial charge in [0.1, 0.15) is 0 Å². The molecule has 1 N–H and O–H groups in total. The third kappa shape index (κ3) is 2.13. The zero-order valence-corrected chi connectivity index (χ0v) is 10.8. The molecule has 3 rings (SSSR count). The van der Waals surface area contributed by atoms with Crippen LogP contribution in [0.1, 0.15) is 25.7 Å². The Hall–Kier alpha value is -1.18. The summed E-state index contributed by atoms with van der Waals surface area (Å²) in [5.41, 5.74) is 2.55. The Morgan fingerprint density at radius 1 is 1.06 bits per heavy atom. The molecule has 2 aliphatic rings. The van der Waals surface area contributed by atoms with Gasteiger partial charge in [0.25, 0.3) is 0 Å². The number of hydrogen-bond acceptors (Lipinski definition) is 2. The van der Waals surface area contributed by atoms with Gasteiger partial charge in [-0.2, -0.15) is 0 Å². The lowest BCUT2D eigenvalue weighted by Gasteiger charge is -2.24. The van der Waals surface area contributed by atoms with E-state index in [0.29, 0.717) is 0 Å². The van der Waals surface area contributed by atoms with Crippen LogP contribution in [0.25, 0.3) is 0 Å². The molecule has 0 amide bonds. The first kappa shape index (κ1) is 10.9. The van der Waals surface area contributed by atoms with Crippen molar-refractivity contribution >= 4 is 11.4 Å². The van der Waals surface area contributed by atoms with Crippen LogP contribution in [0.2, 0.25) is 0 Å². The van der Waals surface area contributed by atoms with Gasteiger partial charge >= 0.3 is 0 Å². The number of nitrogens with one attached hydrogen (secondary N) is 1. The molecule has 1 aromatic rings. The minimum absolute atomic E-state index is 0.735. The highest BCUT2D eigenvalue weighted by Crippen LogP contribution is 2.45. The number of hydrogen-bond donors (Lipinski definition) is 1. The summed E-state index contributed by atoms with van der Waals surface area (Å²) in [4.78, 5) is 2.14. The fourth-order valence-electron chi connectivity index (χ4n) is 3.49. The van der Waals surface area contributed by atoms with Crippen LogP contribution in [0.15, 0.2) is 24.3 Å². The van der Waals surface area contributed by atoms with E-state index in [0.717, 1.165) is 17.9 Å². The van der Waals surface area contributed by atoms with Crippen LogP contribution in [0, 0.1) is 11.8 Å². The Kier molecular flexibility index (Phi) is 2.73. The summed E-state index contributed by atoms with van der Waals surface area (Å²) in [7, 11) is 4.16. The molecule has 2 heteroatoms. The first-order valence-electron chi connectivity index (χ1n) is 6.76. The summed E-state index contributed by atoms with van der Waals surface area (Å²) in [6, 6.07) is 9.53. The second kappa shape index (κ2) is 4.25. The minimum atomic E-state index is 0.735. The summed E-state index contributed by atoms with van der Waals surface area (Å²) in [6.45, 7) is 0. The molecule has 3 atom stereocenters. The lowest BCUT2D eigenvalue weighted by molar-refractivity contribution is 0.440. The fourth-order valence-corrected chi connectivity index (χ4v) is 3.49. The molecule has 2 bridgehead atoms. The number of anilines is 2. The van der Waals surface area contributed by atoms with E-state index in [-0.39, 0.29) is 0 Å². The second-order valence-electron chi connectivity index (χ2n) is 5.87. The Balaban J connectivity index is 1.65. The molecule has 0 heterocycles. The van der Waals surface area contributed by atoms with Crippen LogP contribution in [0.3, 0.4) is 0 Å². The van der Waals surface area contributed by atoms with Crippen molar-refractivity contribution in [2.45, 2.75) is 31.7 Å². The third-order valence-corrected chi connectivity index (χ3v) is 4.47. The predicted octanol–water partition coefficient (Wildman–Crippen LogP) is 3.35. The lowest BCUT2D eigenvalue weighted by atomic mass is 9.95. The Morgan fingerprint density at radius 2 is 1.82 bits per heavy atom. The summed E-state index contributed by atoms with van der Waals surface area (Å²) in [5, 5.41) is 3.72. The highest BCUT2D eigenvalue weighted by molar-refractivity contribution is 5.54. The Labute approximate surface area is 104 Å². The van der Waals surface area contributed by atoms with Crippen LogP contribution >= 0.6 is 0 Å². The second-order valence-corrected chi connectivity index (χ2v) is 5.87. The van der Waals surface area contributed by atoms with E-state index in [1.807, 2.05) is 0 Å². The lowest BCUT2D eigenvalue weighted by Crippen LogP contribution is -2.25. The van der Waals surface area contributed by atoms with Crippen molar-refractivity contribution < 1.29 is 0 Å². The van der Waals surface area contributed by atoms with Crippen LogP contribution in [0.5, 0.6) is 0 Å². The van der Waals surface area contributed by atoms with Gasteiger partial charge in [0.05, 0.1) is 0 Å². The first-order valence-corrected chi connectivity index (χ1v) is 6.76. The maximum atomic E-state index is 3.72. The molecular formula is C15H22N2. The van der Waals surface area contributed by atoms with E-state index in [2.05, 4.69) is 48.6 Å². The Bertz CT molecular complexity index is 382. The van der Waals surface area contributed by atoms with Crippen LogP contribution < -0.4 is 10.2 Å². The van der Waals surface area contributed by atoms with Crippen molar-refractivity contribution in [3.63, 3.8) is 0 Å². The van der Waals surface area contributed by atoms with Gasteiger partial charge < -0.3 is 10.2 Å². The molecule has 0 saturated heterocycles. The van der Waals surface area contributed by atoms with Crippen molar-refractivity contribution in [2.24, 2.45) is 11.8 Å². The number of rotatable bonds is 3. The molecule has 1 aromatic carbocycles. The molecule has 2 aliphatic carbocycles. The van der Waals surface area contributed by atoms with E-state index in [9.17, 15) is 0 Å². The average Bonchev–Trinajstić information content (AvgIpc) is 2.91. The quantitative estimate of drug-likeness (QED) is 0.856. The van der Waals surface area contributed by atoms with Gasteiger partial charge in [-0.25, -0.2) is 0 Å². The molecule has 92 valence electrons. The predicted molar refractivity (Wildman–Crippen MR) is 73.6 cm³/mol. The van der Waals surface area contributed by atoms with E-state index in [4.69, 9.17) is 0 Å². The zero-order chi connectivity index (χ0) is 11.8. The maximum absolute atomic E-state index is 3.72. The monoisotopic (exact) mass is 230 g/mol. The van der Waals surface area contributed by atoms with Crippen molar-refractivity contribution in [3.05, 3.63) is 24.3 Å². The van der Waals surface area contributed by atoms with Gasteiger partial charge in [-0.3, -0.25) is 0 Å². The van der Waals surface area contributed by atoms with Gasteiger partial charge in [-0.1, -0.05) is 6.42 Å². The van der Waals surface area contributed by atoms with Crippen molar-refractivity contribution in [1.29, 1.82) is 0 Å². The van der Waals surface area contributed by atoms with Crippen LogP contribution in [0.4, 0.5) is 11.4 Å². The smallest absolute Gasteiger partial charge is 0.0362 e. The minimum Gasteiger partial charge on any atom is -0.382 e. The van der Waals surface area contributed by atoms with E-state index in [1.54, 1.807) is 0 Å². The summed E-state index contributed by atoms with van der Waals surface area (Å²) in [6.07, 6.45) is 5.77. The van der Waals surface area contributed by atoms with Crippen LogP contribution in [-0.4, -0.2) is 20.1 Å². The van der Waals surface area contributed by atoms with Crippen LogP contribution in [-0.2, 0) is 0 Å². The highest BCUT2D eigenvalue weighted by Gasteiger charge is 2.39. The number of benzene rings is 1. The molecule has 17 heavy (non-hydrogen) atoms. The summed E-state index contributed by atoms with van der Waals surface area (Å²) < 4.78 is 0. The molecule has 2 nitrogen and oxygen atoms in total. The molecule has 0 spiro atoms. The summed E-state index contributed by atoms with van der Waals surface area (Å²) in [5.74, 6) is 1.95.